The fourth-order valence-electron chi connectivity index (χ4n) is 4.09. The third-order valence-corrected chi connectivity index (χ3v) is 5.70. The van der Waals surface area contributed by atoms with E-state index in [9.17, 15) is 14.7 Å². The molecule has 0 bridgehead atoms. The standard InChI is InChI=1S/C26H21N3O4/c1-28(2)26(32)16-9-7-15(8-10-16)18-11-12-27-25-22(18)17(14-29(25)3)13-21-24(31)23-19(30)5-4-6-20(23)33-21/h4-14,30H,1-3H3. The monoisotopic (exact) mass is 439 g/mol. The Morgan fingerprint density at radius 1 is 1.12 bits per heavy atom. The van der Waals surface area contributed by atoms with Crippen LogP contribution in [0.3, 0.4) is 0 Å². The van der Waals surface area contributed by atoms with Crippen molar-refractivity contribution in [2.75, 3.05) is 14.1 Å². The maximum Gasteiger partial charge on any atom is 0.253 e. The van der Waals surface area contributed by atoms with E-state index in [0.29, 0.717) is 11.3 Å². The maximum absolute atomic E-state index is 12.9. The molecule has 4 aromatic rings. The molecule has 3 heterocycles. The molecular weight excluding hydrogens is 418 g/mol. The molecule has 1 aliphatic heterocycles. The van der Waals surface area contributed by atoms with Gasteiger partial charge in [-0.05, 0) is 47.5 Å². The van der Waals surface area contributed by atoms with Gasteiger partial charge in [0.2, 0.25) is 5.78 Å². The zero-order chi connectivity index (χ0) is 23.3. The largest absolute Gasteiger partial charge is 0.507 e. The number of hydrogen-bond donors (Lipinski definition) is 1. The molecule has 0 unspecified atom stereocenters. The molecule has 7 nitrogen and oxygen atoms in total. The Bertz CT molecular complexity index is 1460. The molecule has 0 aliphatic carbocycles. The SMILES string of the molecule is CN(C)C(=O)c1ccc(-c2ccnc3c2c(C=C2Oc4cccc(O)c4C2=O)cn3C)cc1. The maximum atomic E-state index is 12.9. The van der Waals surface area contributed by atoms with E-state index in [4.69, 9.17) is 4.74 Å². The molecule has 0 saturated heterocycles. The molecule has 1 N–H and O–H groups in total. The number of phenols is 1. The number of phenolic OH excluding ortho intramolecular Hbond substituents is 1. The molecule has 0 spiro atoms. The number of aromatic nitrogens is 2. The molecule has 1 amide bonds. The van der Waals surface area contributed by atoms with Crippen LogP contribution < -0.4 is 4.74 Å². The number of allylic oxidation sites excluding steroid dienone is 1. The van der Waals surface area contributed by atoms with Crippen molar-refractivity contribution in [2.45, 2.75) is 0 Å². The predicted octanol–water partition coefficient (Wildman–Crippen LogP) is 4.26. The third kappa shape index (κ3) is 3.34. The topological polar surface area (TPSA) is 84.7 Å². The number of nitrogens with zero attached hydrogens (tertiary/aromatic N) is 3. The van der Waals surface area contributed by atoms with Crippen LogP contribution in [0, 0.1) is 0 Å². The number of aryl methyl sites for hydroxylation is 1. The van der Waals surface area contributed by atoms with Crippen molar-refractivity contribution in [1.29, 1.82) is 0 Å². The highest BCUT2D eigenvalue weighted by atomic mass is 16.5. The van der Waals surface area contributed by atoms with Crippen LogP contribution in [-0.2, 0) is 7.05 Å². The van der Waals surface area contributed by atoms with E-state index in [-0.39, 0.29) is 28.8 Å². The second-order valence-corrected chi connectivity index (χ2v) is 8.12. The number of amides is 1. The average molecular weight is 439 g/mol. The van der Waals surface area contributed by atoms with E-state index in [1.165, 1.54) is 11.0 Å². The summed E-state index contributed by atoms with van der Waals surface area (Å²) in [5, 5.41) is 10.9. The number of ether oxygens (including phenoxy) is 1. The highest BCUT2D eigenvalue weighted by Gasteiger charge is 2.30. The first-order valence-corrected chi connectivity index (χ1v) is 10.4. The van der Waals surface area contributed by atoms with Gasteiger partial charge < -0.3 is 19.3 Å². The predicted molar refractivity (Wildman–Crippen MR) is 125 cm³/mol. The minimum Gasteiger partial charge on any atom is -0.507 e. The lowest BCUT2D eigenvalue weighted by molar-refractivity contribution is 0.0827. The summed E-state index contributed by atoms with van der Waals surface area (Å²) in [6.07, 6.45) is 5.30. The van der Waals surface area contributed by atoms with Gasteiger partial charge in [-0.3, -0.25) is 9.59 Å². The van der Waals surface area contributed by atoms with Crippen LogP contribution in [0.25, 0.3) is 28.2 Å². The zero-order valence-corrected chi connectivity index (χ0v) is 18.4. The van der Waals surface area contributed by atoms with Gasteiger partial charge in [-0.1, -0.05) is 18.2 Å². The Balaban J connectivity index is 1.62. The number of pyridine rings is 1. The number of fused-ring (bicyclic) bond motifs is 2. The van der Waals surface area contributed by atoms with Crippen LogP contribution in [0.5, 0.6) is 11.5 Å². The highest BCUT2D eigenvalue weighted by molar-refractivity contribution is 6.17. The third-order valence-electron chi connectivity index (χ3n) is 5.70. The first kappa shape index (κ1) is 20.5. The van der Waals surface area contributed by atoms with E-state index in [2.05, 4.69) is 4.98 Å². The van der Waals surface area contributed by atoms with Gasteiger partial charge in [-0.15, -0.1) is 0 Å². The van der Waals surface area contributed by atoms with Crippen molar-refractivity contribution in [2.24, 2.45) is 7.05 Å². The molecule has 0 fully saturated rings. The summed E-state index contributed by atoms with van der Waals surface area (Å²) in [4.78, 5) is 31.2. The van der Waals surface area contributed by atoms with Crippen LogP contribution in [0.4, 0.5) is 0 Å². The first-order valence-electron chi connectivity index (χ1n) is 10.4. The molecule has 0 atom stereocenters. The summed E-state index contributed by atoms with van der Waals surface area (Å²) in [6.45, 7) is 0. The molecule has 7 heteroatoms. The summed E-state index contributed by atoms with van der Waals surface area (Å²) in [6, 6.07) is 14.1. The van der Waals surface area contributed by atoms with Gasteiger partial charge in [-0.25, -0.2) is 4.98 Å². The zero-order valence-electron chi connectivity index (χ0n) is 18.4. The molecule has 2 aromatic carbocycles. The number of rotatable bonds is 3. The minimum absolute atomic E-state index is 0.0636. The quantitative estimate of drug-likeness (QED) is 0.482. The van der Waals surface area contributed by atoms with Crippen molar-refractivity contribution in [3.05, 3.63) is 83.4 Å². The lowest BCUT2D eigenvalue weighted by atomic mass is 9.99. The average Bonchev–Trinajstić information content (AvgIpc) is 3.30. The van der Waals surface area contributed by atoms with E-state index < -0.39 is 0 Å². The Hall–Kier alpha value is -4.39. The number of ketones is 1. The van der Waals surface area contributed by atoms with Gasteiger partial charge in [0.15, 0.2) is 5.76 Å². The Labute approximate surface area is 190 Å². The summed E-state index contributed by atoms with van der Waals surface area (Å²) >= 11 is 0. The van der Waals surface area contributed by atoms with Gasteiger partial charge in [-0.2, -0.15) is 0 Å². The van der Waals surface area contributed by atoms with Crippen molar-refractivity contribution in [3.8, 4) is 22.6 Å². The molecular formula is C26H21N3O4. The lowest BCUT2D eigenvalue weighted by Crippen LogP contribution is -2.21. The normalized spacial score (nSPS) is 13.9. The molecule has 33 heavy (non-hydrogen) atoms. The summed E-state index contributed by atoms with van der Waals surface area (Å²) in [7, 11) is 5.32. The lowest BCUT2D eigenvalue weighted by Gasteiger charge is -2.11. The van der Waals surface area contributed by atoms with Gasteiger partial charge in [0.25, 0.3) is 5.91 Å². The van der Waals surface area contributed by atoms with Gasteiger partial charge in [0, 0.05) is 50.0 Å². The molecule has 1 aliphatic rings. The van der Waals surface area contributed by atoms with E-state index in [1.54, 1.807) is 50.6 Å². The van der Waals surface area contributed by atoms with E-state index >= 15 is 0 Å². The van der Waals surface area contributed by atoms with Crippen molar-refractivity contribution < 1.29 is 19.4 Å². The number of aromatic hydroxyl groups is 1. The number of benzene rings is 2. The summed E-state index contributed by atoms with van der Waals surface area (Å²) in [5.41, 5.74) is 4.12. The van der Waals surface area contributed by atoms with Crippen LogP contribution in [0.2, 0.25) is 0 Å². The summed E-state index contributed by atoms with van der Waals surface area (Å²) < 4.78 is 7.64. The molecule has 0 radical (unpaired) electrons. The summed E-state index contributed by atoms with van der Waals surface area (Å²) in [5.74, 6) is -0.0522. The first-order chi connectivity index (χ1) is 15.8. The highest BCUT2D eigenvalue weighted by Crippen LogP contribution is 2.39. The minimum atomic E-state index is -0.364. The Morgan fingerprint density at radius 3 is 2.58 bits per heavy atom. The van der Waals surface area contributed by atoms with Crippen LogP contribution in [0.15, 0.2) is 66.7 Å². The smallest absolute Gasteiger partial charge is 0.253 e. The number of carbonyl (C=O) groups excluding carboxylic acids is 2. The van der Waals surface area contributed by atoms with E-state index in [0.717, 1.165) is 27.7 Å². The van der Waals surface area contributed by atoms with Crippen molar-refractivity contribution >= 4 is 28.8 Å². The molecule has 2 aromatic heterocycles. The number of carbonyl (C=O) groups is 2. The fourth-order valence-corrected chi connectivity index (χ4v) is 4.09. The van der Waals surface area contributed by atoms with Gasteiger partial charge in [0.05, 0.1) is 0 Å². The molecule has 0 saturated carbocycles. The van der Waals surface area contributed by atoms with Gasteiger partial charge in [0.1, 0.15) is 22.7 Å². The molecule has 164 valence electrons. The van der Waals surface area contributed by atoms with Gasteiger partial charge >= 0.3 is 0 Å². The second-order valence-electron chi connectivity index (χ2n) is 8.12. The number of hydrogen-bond acceptors (Lipinski definition) is 5. The van der Waals surface area contributed by atoms with Crippen molar-refractivity contribution in [3.63, 3.8) is 0 Å². The van der Waals surface area contributed by atoms with Crippen LogP contribution >= 0.6 is 0 Å². The van der Waals surface area contributed by atoms with Crippen molar-refractivity contribution in [1.82, 2.24) is 14.5 Å². The fraction of sp³-hybridized carbons (Fsp3) is 0.115. The Morgan fingerprint density at radius 2 is 1.88 bits per heavy atom. The van der Waals surface area contributed by atoms with E-state index in [1.807, 2.05) is 36.0 Å². The second kappa shape index (κ2) is 7.63. The number of Topliss-reactive ketones (excluding diaryl/α,β-unsaturated/α-hetero) is 1. The molecule has 5 rings (SSSR count). The van der Waals surface area contributed by atoms with Crippen LogP contribution in [0.1, 0.15) is 26.3 Å². The Kier molecular flexibility index (Phi) is 4.74. The van der Waals surface area contributed by atoms with Crippen LogP contribution in [-0.4, -0.2) is 45.3 Å².